The summed E-state index contributed by atoms with van der Waals surface area (Å²) in [5, 5.41) is 9.26. The fraction of sp³-hybridized carbons (Fsp3) is 0.385. The van der Waals surface area contributed by atoms with Gasteiger partial charge in [-0.1, -0.05) is 18.2 Å². The molecule has 4 nitrogen and oxygen atoms in total. The molecule has 1 N–H and O–H groups in total. The molecule has 18 heavy (non-hydrogen) atoms. The molecule has 0 spiro atoms. The summed E-state index contributed by atoms with van der Waals surface area (Å²) in [5.74, 6) is -0.291. The first-order valence-electron chi connectivity index (χ1n) is 5.71. The van der Waals surface area contributed by atoms with E-state index in [4.69, 9.17) is 0 Å². The van der Waals surface area contributed by atoms with Gasteiger partial charge in [0.05, 0.1) is 11.4 Å². The Morgan fingerprint density at radius 1 is 1.39 bits per heavy atom. The van der Waals surface area contributed by atoms with E-state index >= 15 is 0 Å². The Hall–Kier alpha value is -1.49. The minimum absolute atomic E-state index is 0.129. The number of carbonyl (C=O) groups excluding carboxylic acids is 1. The second kappa shape index (κ2) is 5.02. The zero-order chi connectivity index (χ0) is 13.3. The van der Waals surface area contributed by atoms with Gasteiger partial charge in [0, 0.05) is 5.75 Å². The van der Waals surface area contributed by atoms with Gasteiger partial charge < -0.3 is 5.11 Å². The zero-order valence-corrected chi connectivity index (χ0v) is 11.2. The largest absolute Gasteiger partial charge is 0.480 e. The fourth-order valence-electron chi connectivity index (χ4n) is 2.22. The van der Waals surface area contributed by atoms with Crippen molar-refractivity contribution in [3.63, 3.8) is 0 Å². The minimum atomic E-state index is -0.946. The molecule has 1 aromatic rings. The summed E-state index contributed by atoms with van der Waals surface area (Å²) >= 11 is 1.38. The van der Waals surface area contributed by atoms with Gasteiger partial charge in [0.2, 0.25) is 5.91 Å². The molecule has 1 aliphatic heterocycles. The molecule has 1 aromatic carbocycles. The molecule has 1 unspecified atom stereocenters. The molecule has 96 valence electrons. The molecule has 0 radical (unpaired) electrons. The highest BCUT2D eigenvalue weighted by Gasteiger charge is 2.35. The number of aryl methyl sites for hydroxylation is 2. The molecule has 1 aliphatic rings. The molecule has 0 bridgehead atoms. The van der Waals surface area contributed by atoms with Gasteiger partial charge in [-0.05, 0) is 25.0 Å². The smallest absolute Gasteiger partial charge is 0.327 e. The number of rotatable bonds is 2. The predicted octanol–water partition coefficient (Wildman–Crippen LogP) is 1.84. The zero-order valence-electron chi connectivity index (χ0n) is 10.3. The summed E-state index contributed by atoms with van der Waals surface area (Å²) in [7, 11) is 0. The van der Waals surface area contributed by atoms with Crippen molar-refractivity contribution in [3.8, 4) is 0 Å². The lowest BCUT2D eigenvalue weighted by molar-refractivity contribution is -0.139. The molecule has 0 aromatic heterocycles. The number of aliphatic carboxylic acids is 1. The molecule has 0 saturated carbocycles. The quantitative estimate of drug-likeness (QED) is 0.886. The third-order valence-electron chi connectivity index (χ3n) is 3.05. The number of nitrogens with zero attached hydrogens (tertiary/aromatic N) is 1. The lowest BCUT2D eigenvalue weighted by Gasteiger charge is -2.34. The highest BCUT2D eigenvalue weighted by atomic mass is 32.2. The van der Waals surface area contributed by atoms with Crippen LogP contribution in [0.2, 0.25) is 0 Å². The summed E-state index contributed by atoms with van der Waals surface area (Å²) in [6, 6.07) is 4.94. The molecule has 1 atom stereocenters. The topological polar surface area (TPSA) is 57.6 Å². The van der Waals surface area contributed by atoms with Crippen LogP contribution in [0.15, 0.2) is 18.2 Å². The summed E-state index contributed by atoms with van der Waals surface area (Å²) in [4.78, 5) is 24.8. The van der Waals surface area contributed by atoms with Crippen molar-refractivity contribution in [2.24, 2.45) is 0 Å². The van der Waals surface area contributed by atoms with E-state index in [1.165, 1.54) is 16.7 Å². The van der Waals surface area contributed by atoms with Crippen molar-refractivity contribution in [3.05, 3.63) is 29.3 Å². The third-order valence-corrected chi connectivity index (χ3v) is 4.05. The molecule has 2 rings (SSSR count). The molecular weight excluding hydrogens is 250 g/mol. The second-order valence-electron chi connectivity index (χ2n) is 4.37. The maximum Gasteiger partial charge on any atom is 0.327 e. The van der Waals surface area contributed by atoms with Crippen LogP contribution in [0.4, 0.5) is 5.69 Å². The van der Waals surface area contributed by atoms with Gasteiger partial charge in [-0.2, -0.15) is 0 Å². The second-order valence-corrected chi connectivity index (χ2v) is 5.40. The Morgan fingerprint density at radius 2 is 2.00 bits per heavy atom. The van der Waals surface area contributed by atoms with Crippen molar-refractivity contribution in [2.45, 2.75) is 19.9 Å². The Morgan fingerprint density at radius 3 is 2.56 bits per heavy atom. The van der Waals surface area contributed by atoms with E-state index in [-0.39, 0.29) is 5.91 Å². The van der Waals surface area contributed by atoms with Crippen LogP contribution in [0.25, 0.3) is 0 Å². The average Bonchev–Trinajstić information content (AvgIpc) is 2.30. The van der Waals surface area contributed by atoms with Crippen molar-refractivity contribution >= 4 is 29.3 Å². The van der Waals surface area contributed by atoms with E-state index in [2.05, 4.69) is 0 Å². The summed E-state index contributed by atoms with van der Waals surface area (Å²) in [6.07, 6.45) is 0. The van der Waals surface area contributed by atoms with Crippen LogP contribution in [0, 0.1) is 13.8 Å². The number of para-hydroxylation sites is 1. The monoisotopic (exact) mass is 265 g/mol. The van der Waals surface area contributed by atoms with Gasteiger partial charge in [0.15, 0.2) is 0 Å². The lowest BCUT2D eigenvalue weighted by atomic mass is 10.1. The maximum absolute atomic E-state index is 12.1. The fourth-order valence-corrected chi connectivity index (χ4v) is 3.17. The number of carbonyl (C=O) groups is 2. The van der Waals surface area contributed by atoms with Crippen LogP contribution in [0.1, 0.15) is 11.1 Å². The number of carboxylic acid groups (broad SMARTS) is 1. The standard InChI is InChI=1S/C13H15NO3S/c1-8-4-3-5-9(2)12(8)14-10(13(16)17)6-18-7-11(14)15/h3-5,10H,6-7H2,1-2H3,(H,16,17). The molecule has 1 amide bonds. The number of hydrogen-bond acceptors (Lipinski definition) is 3. The van der Waals surface area contributed by atoms with Gasteiger partial charge in [-0.3, -0.25) is 9.69 Å². The van der Waals surface area contributed by atoms with Crippen molar-refractivity contribution in [1.29, 1.82) is 0 Å². The predicted molar refractivity (Wildman–Crippen MR) is 72.2 cm³/mol. The first-order valence-corrected chi connectivity index (χ1v) is 6.86. The molecule has 0 aliphatic carbocycles. The van der Waals surface area contributed by atoms with Gasteiger partial charge in [0.1, 0.15) is 6.04 Å². The number of benzene rings is 1. The lowest BCUT2D eigenvalue weighted by Crippen LogP contribution is -2.51. The van der Waals surface area contributed by atoms with Crippen molar-refractivity contribution < 1.29 is 14.7 Å². The summed E-state index contributed by atoms with van der Waals surface area (Å²) in [6.45, 7) is 3.80. The van der Waals surface area contributed by atoms with E-state index in [9.17, 15) is 14.7 Å². The van der Waals surface area contributed by atoms with Crippen LogP contribution in [-0.4, -0.2) is 34.5 Å². The van der Waals surface area contributed by atoms with Crippen LogP contribution in [-0.2, 0) is 9.59 Å². The van der Waals surface area contributed by atoms with E-state index in [1.54, 1.807) is 0 Å². The number of hydrogen-bond donors (Lipinski definition) is 1. The first kappa shape index (κ1) is 13.0. The van der Waals surface area contributed by atoms with E-state index in [0.29, 0.717) is 11.5 Å². The molecular formula is C13H15NO3S. The van der Waals surface area contributed by atoms with Gasteiger partial charge >= 0.3 is 5.97 Å². The van der Waals surface area contributed by atoms with E-state index in [1.807, 2.05) is 32.0 Å². The summed E-state index contributed by atoms with van der Waals surface area (Å²) < 4.78 is 0. The van der Waals surface area contributed by atoms with Crippen LogP contribution in [0.5, 0.6) is 0 Å². The van der Waals surface area contributed by atoms with E-state index in [0.717, 1.165) is 16.8 Å². The molecule has 5 heteroatoms. The Bertz CT molecular complexity index is 481. The Labute approximate surface area is 110 Å². The van der Waals surface area contributed by atoms with Crippen LogP contribution in [0.3, 0.4) is 0 Å². The molecule has 1 saturated heterocycles. The van der Waals surface area contributed by atoms with Gasteiger partial charge in [-0.15, -0.1) is 11.8 Å². The number of thioether (sulfide) groups is 1. The maximum atomic E-state index is 12.1. The van der Waals surface area contributed by atoms with Crippen LogP contribution >= 0.6 is 11.8 Å². The van der Waals surface area contributed by atoms with Gasteiger partial charge in [0.25, 0.3) is 0 Å². The highest BCUT2D eigenvalue weighted by Crippen LogP contribution is 2.30. The van der Waals surface area contributed by atoms with Gasteiger partial charge in [-0.25, -0.2) is 4.79 Å². The molecule has 1 heterocycles. The third kappa shape index (κ3) is 2.22. The normalized spacial score (nSPS) is 20.0. The van der Waals surface area contributed by atoms with Crippen molar-refractivity contribution in [2.75, 3.05) is 16.4 Å². The number of anilines is 1. The molecule has 1 fully saturated rings. The Balaban J connectivity index is 2.50. The first-order chi connectivity index (χ1) is 8.52. The summed E-state index contributed by atoms with van der Waals surface area (Å²) in [5.41, 5.74) is 2.61. The Kier molecular flexibility index (Phi) is 3.61. The van der Waals surface area contributed by atoms with E-state index < -0.39 is 12.0 Å². The van der Waals surface area contributed by atoms with Crippen molar-refractivity contribution in [1.82, 2.24) is 0 Å². The average molecular weight is 265 g/mol. The number of amides is 1. The number of carboxylic acids is 1. The minimum Gasteiger partial charge on any atom is -0.480 e. The van der Waals surface area contributed by atoms with Crippen LogP contribution < -0.4 is 4.90 Å². The SMILES string of the molecule is Cc1cccc(C)c1N1C(=O)CSCC1C(=O)O. The highest BCUT2D eigenvalue weighted by molar-refractivity contribution is 8.00.